The highest BCUT2D eigenvalue weighted by Gasteiger charge is 2.01. The van der Waals surface area contributed by atoms with Crippen LogP contribution in [0.1, 0.15) is 96.8 Å². The Morgan fingerprint density at radius 3 is 1.59 bits per heavy atom. The molecule has 0 bridgehead atoms. The molecule has 0 aliphatic rings. The van der Waals surface area contributed by atoms with E-state index < -0.39 is 0 Å². The second-order valence-electron chi connectivity index (χ2n) is 6.21. The van der Waals surface area contributed by atoms with Crippen LogP contribution in [0.25, 0.3) is 0 Å². The number of ether oxygens (including phenoxy) is 2. The SMILES string of the molecule is CCCCCCCCCCCCCCCC(=O)OCCOC. The highest BCUT2D eigenvalue weighted by Crippen LogP contribution is 2.13. The van der Waals surface area contributed by atoms with Gasteiger partial charge in [0.15, 0.2) is 0 Å². The molecule has 0 amide bonds. The molecule has 0 unspecified atom stereocenters. The van der Waals surface area contributed by atoms with Crippen molar-refractivity contribution in [2.45, 2.75) is 96.8 Å². The van der Waals surface area contributed by atoms with Crippen molar-refractivity contribution in [1.29, 1.82) is 0 Å². The molecule has 3 nitrogen and oxygen atoms in total. The molecule has 0 aromatic carbocycles. The van der Waals surface area contributed by atoms with Gasteiger partial charge in [-0.25, -0.2) is 0 Å². The summed E-state index contributed by atoms with van der Waals surface area (Å²) in [6.07, 6.45) is 17.8. The number of esters is 1. The smallest absolute Gasteiger partial charge is 0.305 e. The van der Waals surface area contributed by atoms with E-state index in [9.17, 15) is 4.79 Å². The topological polar surface area (TPSA) is 35.5 Å². The Bertz CT molecular complexity index is 229. The molecule has 0 aliphatic heterocycles. The van der Waals surface area contributed by atoms with Crippen molar-refractivity contribution < 1.29 is 14.3 Å². The Labute approximate surface area is 138 Å². The summed E-state index contributed by atoms with van der Waals surface area (Å²) in [5.41, 5.74) is 0. The molecule has 3 heteroatoms. The van der Waals surface area contributed by atoms with Gasteiger partial charge in [0.2, 0.25) is 0 Å². The molecule has 0 aromatic heterocycles. The molecule has 132 valence electrons. The fraction of sp³-hybridized carbons (Fsp3) is 0.947. The molecule has 0 rings (SSSR count). The predicted octanol–water partition coefficient (Wildman–Crippen LogP) is 5.66. The van der Waals surface area contributed by atoms with Gasteiger partial charge in [-0.05, 0) is 6.42 Å². The van der Waals surface area contributed by atoms with Crippen molar-refractivity contribution >= 4 is 5.97 Å². The number of rotatable bonds is 17. The minimum atomic E-state index is -0.0832. The summed E-state index contributed by atoms with van der Waals surface area (Å²) in [5.74, 6) is -0.0832. The molecule has 0 radical (unpaired) electrons. The molecule has 0 aliphatic carbocycles. The van der Waals surface area contributed by atoms with Gasteiger partial charge in [-0.1, -0.05) is 84.0 Å². The summed E-state index contributed by atoms with van der Waals surface area (Å²) in [6.45, 7) is 3.14. The van der Waals surface area contributed by atoms with Crippen molar-refractivity contribution in [2.24, 2.45) is 0 Å². The van der Waals surface area contributed by atoms with Crippen LogP contribution < -0.4 is 0 Å². The second-order valence-corrected chi connectivity index (χ2v) is 6.21. The molecular weight excluding hydrogens is 276 g/mol. The Balaban J connectivity index is 3.06. The van der Waals surface area contributed by atoms with Crippen LogP contribution >= 0.6 is 0 Å². The van der Waals surface area contributed by atoms with E-state index in [1.165, 1.54) is 70.6 Å². The van der Waals surface area contributed by atoms with Gasteiger partial charge in [-0.15, -0.1) is 0 Å². The fourth-order valence-corrected chi connectivity index (χ4v) is 2.60. The normalized spacial score (nSPS) is 10.8. The maximum Gasteiger partial charge on any atom is 0.305 e. The molecule has 0 N–H and O–H groups in total. The monoisotopic (exact) mass is 314 g/mol. The van der Waals surface area contributed by atoms with Crippen molar-refractivity contribution in [3.05, 3.63) is 0 Å². The average molecular weight is 315 g/mol. The summed E-state index contributed by atoms with van der Waals surface area (Å²) in [6, 6.07) is 0. The van der Waals surface area contributed by atoms with E-state index in [0.717, 1.165) is 12.8 Å². The first kappa shape index (κ1) is 21.4. The third kappa shape index (κ3) is 17.5. The van der Waals surface area contributed by atoms with Gasteiger partial charge >= 0.3 is 5.97 Å². The molecule has 0 saturated carbocycles. The Kier molecular flexibility index (Phi) is 18.0. The van der Waals surface area contributed by atoms with Gasteiger partial charge in [-0.3, -0.25) is 4.79 Å². The van der Waals surface area contributed by atoms with Crippen molar-refractivity contribution in [3.63, 3.8) is 0 Å². The minimum Gasteiger partial charge on any atom is -0.463 e. The maximum absolute atomic E-state index is 11.3. The molecule has 0 heterocycles. The largest absolute Gasteiger partial charge is 0.463 e. The van der Waals surface area contributed by atoms with Gasteiger partial charge in [0.1, 0.15) is 6.61 Å². The number of unbranched alkanes of at least 4 members (excludes halogenated alkanes) is 12. The zero-order chi connectivity index (χ0) is 16.3. The Hall–Kier alpha value is -0.570. The fourth-order valence-electron chi connectivity index (χ4n) is 2.60. The lowest BCUT2D eigenvalue weighted by atomic mass is 10.0. The summed E-state index contributed by atoms with van der Waals surface area (Å²) < 4.78 is 9.86. The van der Waals surface area contributed by atoms with Gasteiger partial charge in [0.25, 0.3) is 0 Å². The van der Waals surface area contributed by atoms with Crippen LogP contribution in [0.15, 0.2) is 0 Å². The Morgan fingerprint density at radius 2 is 1.14 bits per heavy atom. The summed E-state index contributed by atoms with van der Waals surface area (Å²) in [5, 5.41) is 0. The van der Waals surface area contributed by atoms with Crippen LogP contribution in [-0.4, -0.2) is 26.3 Å². The van der Waals surface area contributed by atoms with E-state index in [4.69, 9.17) is 9.47 Å². The minimum absolute atomic E-state index is 0.0832. The maximum atomic E-state index is 11.3. The molecule has 0 fully saturated rings. The quantitative estimate of drug-likeness (QED) is 0.257. The molecule has 0 atom stereocenters. The molecule has 22 heavy (non-hydrogen) atoms. The zero-order valence-corrected chi connectivity index (χ0v) is 15.0. The third-order valence-electron chi connectivity index (χ3n) is 4.03. The van der Waals surface area contributed by atoms with Crippen molar-refractivity contribution in [1.82, 2.24) is 0 Å². The molecule has 0 spiro atoms. The number of carbonyl (C=O) groups is 1. The van der Waals surface area contributed by atoms with Gasteiger partial charge < -0.3 is 9.47 Å². The van der Waals surface area contributed by atoms with E-state index in [0.29, 0.717) is 19.6 Å². The summed E-state index contributed by atoms with van der Waals surface area (Å²) in [4.78, 5) is 11.3. The standard InChI is InChI=1S/C19H38O3/c1-3-4-5-6-7-8-9-10-11-12-13-14-15-16-19(20)22-18-17-21-2/h3-18H2,1-2H3. The molecular formula is C19H38O3. The van der Waals surface area contributed by atoms with Crippen LogP contribution in [0.3, 0.4) is 0 Å². The van der Waals surface area contributed by atoms with E-state index in [-0.39, 0.29) is 5.97 Å². The van der Waals surface area contributed by atoms with Crippen LogP contribution in [0.2, 0.25) is 0 Å². The number of carbonyl (C=O) groups excluding carboxylic acids is 1. The lowest BCUT2D eigenvalue weighted by molar-refractivity contribution is -0.145. The summed E-state index contributed by atoms with van der Waals surface area (Å²) in [7, 11) is 1.61. The van der Waals surface area contributed by atoms with Crippen LogP contribution in [0.5, 0.6) is 0 Å². The highest BCUT2D eigenvalue weighted by atomic mass is 16.6. The van der Waals surface area contributed by atoms with Gasteiger partial charge in [-0.2, -0.15) is 0 Å². The van der Waals surface area contributed by atoms with Crippen LogP contribution in [-0.2, 0) is 14.3 Å². The highest BCUT2D eigenvalue weighted by molar-refractivity contribution is 5.69. The molecule has 0 aromatic rings. The predicted molar refractivity (Wildman–Crippen MR) is 93.1 cm³/mol. The van der Waals surface area contributed by atoms with Crippen LogP contribution in [0.4, 0.5) is 0 Å². The van der Waals surface area contributed by atoms with E-state index >= 15 is 0 Å². The van der Waals surface area contributed by atoms with Gasteiger partial charge in [0, 0.05) is 13.5 Å². The van der Waals surface area contributed by atoms with Crippen molar-refractivity contribution in [3.8, 4) is 0 Å². The lowest BCUT2D eigenvalue weighted by Gasteiger charge is -2.04. The van der Waals surface area contributed by atoms with Gasteiger partial charge in [0.05, 0.1) is 6.61 Å². The first-order valence-electron chi connectivity index (χ1n) is 9.45. The second kappa shape index (κ2) is 18.5. The van der Waals surface area contributed by atoms with Crippen LogP contribution in [0, 0.1) is 0 Å². The first-order valence-corrected chi connectivity index (χ1v) is 9.45. The zero-order valence-electron chi connectivity index (χ0n) is 15.0. The molecule has 0 saturated heterocycles. The first-order chi connectivity index (χ1) is 10.8. The Morgan fingerprint density at radius 1 is 0.682 bits per heavy atom. The number of hydrogen-bond acceptors (Lipinski definition) is 3. The number of methoxy groups -OCH3 is 1. The van der Waals surface area contributed by atoms with Crippen molar-refractivity contribution in [2.75, 3.05) is 20.3 Å². The lowest BCUT2D eigenvalue weighted by Crippen LogP contribution is -2.09. The summed E-state index contributed by atoms with van der Waals surface area (Å²) >= 11 is 0. The number of hydrogen-bond donors (Lipinski definition) is 0. The van der Waals surface area contributed by atoms with E-state index in [1.54, 1.807) is 7.11 Å². The third-order valence-corrected chi connectivity index (χ3v) is 4.03. The van der Waals surface area contributed by atoms with E-state index in [1.807, 2.05) is 0 Å². The average Bonchev–Trinajstić information content (AvgIpc) is 2.52. The van der Waals surface area contributed by atoms with E-state index in [2.05, 4.69) is 6.92 Å².